The van der Waals surface area contributed by atoms with Gasteiger partial charge < -0.3 is 9.84 Å². The van der Waals surface area contributed by atoms with Gasteiger partial charge in [0.05, 0.1) is 11.1 Å². The molecule has 1 unspecified atom stereocenters. The van der Waals surface area contributed by atoms with Gasteiger partial charge in [0, 0.05) is 35.6 Å². The highest BCUT2D eigenvalue weighted by Crippen LogP contribution is 2.34. The van der Waals surface area contributed by atoms with Crippen LogP contribution in [0.15, 0.2) is 28.1 Å². The Morgan fingerprint density at radius 2 is 2.20 bits per heavy atom. The molecule has 1 aliphatic heterocycles. The first-order valence-electron chi connectivity index (χ1n) is 7.77. The van der Waals surface area contributed by atoms with Crippen LogP contribution in [0.1, 0.15) is 11.9 Å². The second-order valence-electron chi connectivity index (χ2n) is 5.82. The average Bonchev–Trinajstić information content (AvgIpc) is 3.24. The first-order valence-corrected chi connectivity index (χ1v) is 9.41. The predicted octanol–water partition coefficient (Wildman–Crippen LogP) is 3.74. The van der Waals surface area contributed by atoms with Gasteiger partial charge in [0.15, 0.2) is 5.82 Å². The zero-order valence-electron chi connectivity index (χ0n) is 13.4. The molecule has 0 radical (unpaired) electrons. The molecule has 4 rings (SSSR count). The van der Waals surface area contributed by atoms with E-state index in [-0.39, 0.29) is 6.04 Å². The molecule has 130 valence electrons. The zero-order chi connectivity index (χ0) is 17.4. The Morgan fingerprint density at radius 1 is 1.32 bits per heavy atom. The quantitative estimate of drug-likeness (QED) is 0.728. The van der Waals surface area contributed by atoms with Gasteiger partial charge in [-0.3, -0.25) is 4.90 Å². The highest BCUT2D eigenvalue weighted by Gasteiger charge is 2.26. The largest absolute Gasteiger partial charge is 0.332 e. The van der Waals surface area contributed by atoms with Crippen LogP contribution in [0.2, 0.25) is 10.0 Å². The highest BCUT2D eigenvalue weighted by atomic mass is 35.5. The Bertz CT molecular complexity index is 896. The smallest absolute Gasteiger partial charge is 0.277 e. The molecule has 0 aliphatic carbocycles. The van der Waals surface area contributed by atoms with Gasteiger partial charge in [-0.15, -0.1) is 11.3 Å². The molecule has 0 saturated carbocycles. The number of hydrogen-bond acceptors (Lipinski definition) is 7. The second-order valence-corrected chi connectivity index (χ2v) is 7.52. The van der Waals surface area contributed by atoms with Crippen molar-refractivity contribution in [2.24, 2.45) is 0 Å². The van der Waals surface area contributed by atoms with Gasteiger partial charge in [-0.05, 0) is 25.2 Å². The summed E-state index contributed by atoms with van der Waals surface area (Å²) < 4.78 is 5.43. The van der Waals surface area contributed by atoms with Gasteiger partial charge in [-0.25, -0.2) is 4.98 Å². The summed E-state index contributed by atoms with van der Waals surface area (Å²) in [5, 5.41) is 11.3. The molecule has 9 heteroatoms. The van der Waals surface area contributed by atoms with Gasteiger partial charge in [-0.2, -0.15) is 4.98 Å². The molecule has 0 amide bonds. The van der Waals surface area contributed by atoms with Crippen LogP contribution in [-0.2, 0) is 0 Å². The van der Waals surface area contributed by atoms with E-state index < -0.39 is 0 Å². The average molecular weight is 396 g/mol. The maximum atomic E-state index is 6.26. The summed E-state index contributed by atoms with van der Waals surface area (Å²) in [7, 11) is 2.06. The number of nitrogens with zero attached hydrogens (tertiary/aromatic N) is 4. The van der Waals surface area contributed by atoms with Crippen LogP contribution in [0.4, 0.5) is 0 Å². The number of benzene rings is 1. The SMILES string of the molecule is CN1CCNCC1c1noc(-c2csc(-c3ccc(Cl)cc3Cl)n2)n1. The van der Waals surface area contributed by atoms with E-state index in [1.807, 2.05) is 11.4 Å². The maximum absolute atomic E-state index is 6.26. The van der Waals surface area contributed by atoms with Crippen LogP contribution >= 0.6 is 34.5 Å². The molecular weight excluding hydrogens is 381 g/mol. The number of hydrogen-bond donors (Lipinski definition) is 1. The number of rotatable bonds is 3. The number of thiazole rings is 1. The van der Waals surface area contributed by atoms with Gasteiger partial charge in [0.2, 0.25) is 0 Å². The van der Waals surface area contributed by atoms with Crippen LogP contribution in [-0.4, -0.2) is 46.7 Å². The molecule has 0 bridgehead atoms. The topological polar surface area (TPSA) is 67.1 Å². The lowest BCUT2D eigenvalue weighted by Crippen LogP contribution is -2.44. The summed E-state index contributed by atoms with van der Waals surface area (Å²) in [6.07, 6.45) is 0. The molecule has 1 fully saturated rings. The lowest BCUT2D eigenvalue weighted by Gasteiger charge is -2.30. The number of piperazine rings is 1. The number of halogens is 2. The van der Waals surface area contributed by atoms with Crippen LogP contribution in [0.3, 0.4) is 0 Å². The fourth-order valence-corrected chi connectivity index (χ4v) is 4.11. The summed E-state index contributed by atoms with van der Waals surface area (Å²) in [4.78, 5) is 11.3. The van der Waals surface area contributed by atoms with E-state index in [0.29, 0.717) is 27.5 Å². The number of aromatic nitrogens is 3. The van der Waals surface area contributed by atoms with Gasteiger partial charge >= 0.3 is 0 Å². The third kappa shape index (κ3) is 3.43. The summed E-state index contributed by atoms with van der Waals surface area (Å²) in [5.74, 6) is 1.09. The maximum Gasteiger partial charge on any atom is 0.277 e. The lowest BCUT2D eigenvalue weighted by atomic mass is 10.2. The van der Waals surface area contributed by atoms with Gasteiger partial charge in [-0.1, -0.05) is 28.4 Å². The Labute approximate surface area is 158 Å². The number of likely N-dealkylation sites (N-methyl/N-ethyl adjacent to an activating group) is 1. The Hall–Kier alpha value is -1.51. The van der Waals surface area contributed by atoms with Crippen LogP contribution in [0, 0.1) is 0 Å². The summed E-state index contributed by atoms with van der Waals surface area (Å²) in [6.45, 7) is 2.72. The lowest BCUT2D eigenvalue weighted by molar-refractivity contribution is 0.190. The van der Waals surface area contributed by atoms with Crippen molar-refractivity contribution < 1.29 is 4.52 Å². The monoisotopic (exact) mass is 395 g/mol. The predicted molar refractivity (Wildman–Crippen MR) is 99.1 cm³/mol. The van der Waals surface area contributed by atoms with Crippen molar-refractivity contribution in [2.45, 2.75) is 6.04 Å². The minimum Gasteiger partial charge on any atom is -0.332 e. The van der Waals surface area contributed by atoms with E-state index >= 15 is 0 Å². The van der Waals surface area contributed by atoms with Crippen molar-refractivity contribution in [3.63, 3.8) is 0 Å². The van der Waals surface area contributed by atoms with Gasteiger partial charge in [0.1, 0.15) is 10.7 Å². The highest BCUT2D eigenvalue weighted by molar-refractivity contribution is 7.13. The second kappa shape index (κ2) is 7.01. The van der Waals surface area contributed by atoms with Crippen molar-refractivity contribution in [2.75, 3.05) is 26.7 Å². The molecule has 1 aromatic carbocycles. The third-order valence-electron chi connectivity index (χ3n) is 4.14. The first-order chi connectivity index (χ1) is 12.1. The Morgan fingerprint density at radius 3 is 3.00 bits per heavy atom. The van der Waals surface area contributed by atoms with E-state index in [2.05, 4.69) is 32.4 Å². The summed E-state index contributed by atoms with van der Waals surface area (Å²) >= 11 is 13.7. The zero-order valence-corrected chi connectivity index (χ0v) is 15.7. The minimum absolute atomic E-state index is 0.107. The van der Waals surface area contributed by atoms with Crippen molar-refractivity contribution in [1.82, 2.24) is 25.3 Å². The minimum atomic E-state index is 0.107. The molecule has 1 N–H and O–H groups in total. The standard InChI is InChI=1S/C16H15Cl2N5OS/c1-23-5-4-19-7-13(23)14-21-15(24-22-14)12-8-25-16(20-12)10-3-2-9(17)6-11(10)18/h2-3,6,8,13,19H,4-5,7H2,1H3. The van der Waals surface area contributed by atoms with Crippen molar-refractivity contribution in [3.8, 4) is 22.2 Å². The molecule has 0 spiro atoms. The van der Waals surface area contributed by atoms with Crippen molar-refractivity contribution in [3.05, 3.63) is 39.4 Å². The molecule has 3 heterocycles. The Balaban J connectivity index is 1.60. The molecule has 1 aliphatic rings. The molecule has 2 aromatic heterocycles. The van der Waals surface area contributed by atoms with Gasteiger partial charge in [0.25, 0.3) is 5.89 Å². The van der Waals surface area contributed by atoms with Crippen LogP contribution in [0.25, 0.3) is 22.2 Å². The van der Waals surface area contributed by atoms with Crippen LogP contribution < -0.4 is 5.32 Å². The first kappa shape index (κ1) is 16.9. The third-order valence-corrected chi connectivity index (χ3v) is 5.56. The fraction of sp³-hybridized carbons (Fsp3) is 0.312. The number of nitrogens with one attached hydrogen (secondary N) is 1. The van der Waals surface area contributed by atoms with E-state index in [0.717, 1.165) is 30.2 Å². The molecule has 6 nitrogen and oxygen atoms in total. The molecule has 25 heavy (non-hydrogen) atoms. The van der Waals surface area contributed by atoms with Crippen LogP contribution in [0.5, 0.6) is 0 Å². The summed E-state index contributed by atoms with van der Waals surface area (Å²) in [5.41, 5.74) is 1.48. The molecule has 1 atom stereocenters. The van der Waals surface area contributed by atoms with Crippen molar-refractivity contribution >= 4 is 34.5 Å². The van der Waals surface area contributed by atoms with E-state index in [9.17, 15) is 0 Å². The van der Waals surface area contributed by atoms with E-state index in [4.69, 9.17) is 27.7 Å². The molecular formula is C16H15Cl2N5OS. The molecule has 1 saturated heterocycles. The Kier molecular flexibility index (Phi) is 4.75. The van der Waals surface area contributed by atoms with Crippen molar-refractivity contribution in [1.29, 1.82) is 0 Å². The summed E-state index contributed by atoms with van der Waals surface area (Å²) in [6, 6.07) is 5.46. The molecule has 3 aromatic rings. The van der Waals surface area contributed by atoms with E-state index in [1.54, 1.807) is 12.1 Å². The van der Waals surface area contributed by atoms with E-state index in [1.165, 1.54) is 11.3 Å². The fourth-order valence-electron chi connectivity index (χ4n) is 2.73. The normalized spacial score (nSPS) is 18.6.